The van der Waals surface area contributed by atoms with E-state index in [1.165, 1.54) is 5.56 Å². The molecule has 4 nitrogen and oxygen atoms in total. The molecule has 0 spiro atoms. The number of nitrogens with one attached hydrogen (secondary N) is 2. The fourth-order valence-corrected chi connectivity index (χ4v) is 2.01. The van der Waals surface area contributed by atoms with E-state index in [4.69, 9.17) is 17.0 Å². The van der Waals surface area contributed by atoms with Crippen molar-refractivity contribution in [1.82, 2.24) is 10.7 Å². The summed E-state index contributed by atoms with van der Waals surface area (Å²) < 4.78 is 5.50. The second-order valence-corrected chi connectivity index (χ2v) is 5.03. The Bertz CT molecular complexity index is 439. The molecule has 2 rings (SSSR count). The molecular weight excluding hydrogens is 258 g/mol. The number of rotatable bonds is 4. The molecule has 1 fully saturated rings. The van der Waals surface area contributed by atoms with E-state index in [1.807, 2.05) is 12.1 Å². The molecule has 1 heterocycles. The fraction of sp³-hybridized carbons (Fsp3) is 0.429. The molecule has 102 valence electrons. The first-order valence-corrected chi connectivity index (χ1v) is 6.90. The van der Waals surface area contributed by atoms with Gasteiger partial charge in [0.1, 0.15) is 0 Å². The van der Waals surface area contributed by atoms with Gasteiger partial charge in [-0.1, -0.05) is 29.8 Å². The highest BCUT2D eigenvalue weighted by atomic mass is 32.1. The molecule has 0 amide bonds. The van der Waals surface area contributed by atoms with Crippen LogP contribution < -0.4 is 10.7 Å². The van der Waals surface area contributed by atoms with Crippen LogP contribution in [0.3, 0.4) is 0 Å². The molecule has 1 atom stereocenters. The van der Waals surface area contributed by atoms with Crippen molar-refractivity contribution in [1.29, 1.82) is 0 Å². The maximum absolute atomic E-state index is 5.50. The summed E-state index contributed by atoms with van der Waals surface area (Å²) in [5, 5.41) is 7.73. The van der Waals surface area contributed by atoms with E-state index in [0.717, 1.165) is 31.6 Å². The minimum Gasteiger partial charge on any atom is -0.376 e. The summed E-state index contributed by atoms with van der Waals surface area (Å²) in [5.41, 5.74) is 5.08. The predicted molar refractivity (Wildman–Crippen MR) is 81.5 cm³/mol. The third-order valence-electron chi connectivity index (χ3n) is 2.97. The summed E-state index contributed by atoms with van der Waals surface area (Å²) in [6.07, 6.45) is 4.26. The van der Waals surface area contributed by atoms with Crippen LogP contribution in [0.5, 0.6) is 0 Å². The van der Waals surface area contributed by atoms with Gasteiger partial charge in [0.2, 0.25) is 0 Å². The first kappa shape index (κ1) is 14.0. The third kappa shape index (κ3) is 4.96. The number of thiocarbonyl (C=S) groups is 1. The van der Waals surface area contributed by atoms with Crippen molar-refractivity contribution in [2.24, 2.45) is 5.10 Å². The van der Waals surface area contributed by atoms with Crippen LogP contribution >= 0.6 is 12.2 Å². The number of hydrogen-bond acceptors (Lipinski definition) is 3. The predicted octanol–water partition coefficient (Wildman–Crippen LogP) is 1.97. The van der Waals surface area contributed by atoms with Gasteiger partial charge in [0.05, 0.1) is 12.3 Å². The van der Waals surface area contributed by atoms with Crippen LogP contribution in [-0.4, -0.2) is 30.6 Å². The Hall–Kier alpha value is -1.46. The number of ether oxygens (including phenoxy) is 1. The standard InChI is InChI=1S/C14H19N3OS/c1-11-4-6-12(7-5-11)9-16-17-14(19)15-10-13-3-2-8-18-13/h4-7,9,13H,2-3,8,10H2,1H3,(H2,15,17,19)/b16-9-/t13-/m0/s1. The maximum Gasteiger partial charge on any atom is 0.187 e. The monoisotopic (exact) mass is 277 g/mol. The molecular formula is C14H19N3OS. The first-order valence-electron chi connectivity index (χ1n) is 6.49. The van der Waals surface area contributed by atoms with E-state index >= 15 is 0 Å². The average Bonchev–Trinajstić information content (AvgIpc) is 2.92. The van der Waals surface area contributed by atoms with E-state index in [-0.39, 0.29) is 6.10 Å². The van der Waals surface area contributed by atoms with Crippen molar-refractivity contribution >= 4 is 23.5 Å². The highest BCUT2D eigenvalue weighted by Gasteiger charge is 2.14. The molecule has 0 radical (unpaired) electrons. The summed E-state index contributed by atoms with van der Waals surface area (Å²) >= 11 is 5.13. The van der Waals surface area contributed by atoms with Crippen LogP contribution in [0.4, 0.5) is 0 Å². The van der Waals surface area contributed by atoms with Crippen molar-refractivity contribution in [2.75, 3.05) is 13.2 Å². The zero-order valence-corrected chi connectivity index (χ0v) is 11.9. The third-order valence-corrected chi connectivity index (χ3v) is 3.21. The molecule has 19 heavy (non-hydrogen) atoms. The van der Waals surface area contributed by atoms with Gasteiger partial charge in [-0.05, 0) is 37.5 Å². The first-order chi connectivity index (χ1) is 9.24. The molecule has 0 bridgehead atoms. The molecule has 1 aromatic carbocycles. The Kier molecular flexibility index (Phi) is 5.30. The van der Waals surface area contributed by atoms with E-state index < -0.39 is 0 Å². The van der Waals surface area contributed by atoms with Crippen molar-refractivity contribution in [3.63, 3.8) is 0 Å². The van der Waals surface area contributed by atoms with Crippen LogP contribution in [0.15, 0.2) is 29.4 Å². The molecule has 0 aromatic heterocycles. The Morgan fingerprint density at radius 3 is 2.95 bits per heavy atom. The average molecular weight is 277 g/mol. The molecule has 1 aliphatic rings. The lowest BCUT2D eigenvalue weighted by molar-refractivity contribution is 0.114. The van der Waals surface area contributed by atoms with Crippen LogP contribution in [-0.2, 0) is 4.74 Å². The second kappa shape index (κ2) is 7.21. The molecule has 2 N–H and O–H groups in total. The number of nitrogens with zero attached hydrogens (tertiary/aromatic N) is 1. The summed E-state index contributed by atoms with van der Waals surface area (Å²) in [4.78, 5) is 0. The van der Waals surface area contributed by atoms with Gasteiger partial charge >= 0.3 is 0 Å². The Labute approximate surface area is 119 Å². The van der Waals surface area contributed by atoms with Gasteiger partial charge in [0, 0.05) is 13.2 Å². The van der Waals surface area contributed by atoms with Crippen LogP contribution in [0.1, 0.15) is 24.0 Å². The van der Waals surface area contributed by atoms with Crippen molar-refractivity contribution in [2.45, 2.75) is 25.9 Å². The molecule has 0 unspecified atom stereocenters. The van der Waals surface area contributed by atoms with E-state index in [2.05, 4.69) is 34.9 Å². The van der Waals surface area contributed by atoms with Crippen molar-refractivity contribution in [3.05, 3.63) is 35.4 Å². The van der Waals surface area contributed by atoms with Crippen LogP contribution in [0.2, 0.25) is 0 Å². The topological polar surface area (TPSA) is 45.7 Å². The summed E-state index contributed by atoms with van der Waals surface area (Å²) in [6.45, 7) is 3.66. The lowest BCUT2D eigenvalue weighted by Gasteiger charge is -2.11. The SMILES string of the molecule is Cc1ccc(/C=N\NC(=S)NC[C@@H]2CCCO2)cc1. The lowest BCUT2D eigenvalue weighted by atomic mass is 10.2. The van der Waals surface area contributed by atoms with Gasteiger partial charge in [0.15, 0.2) is 5.11 Å². The molecule has 5 heteroatoms. The molecule has 0 saturated carbocycles. The molecule has 1 aliphatic heterocycles. The molecule has 1 saturated heterocycles. The molecule has 0 aliphatic carbocycles. The quantitative estimate of drug-likeness (QED) is 0.502. The van der Waals surface area contributed by atoms with Crippen molar-refractivity contribution < 1.29 is 4.74 Å². The van der Waals surface area contributed by atoms with Gasteiger partial charge in [-0.25, -0.2) is 0 Å². The van der Waals surface area contributed by atoms with Gasteiger partial charge in [-0.3, -0.25) is 5.43 Å². The highest BCUT2D eigenvalue weighted by Crippen LogP contribution is 2.10. The summed E-state index contributed by atoms with van der Waals surface area (Å²) in [6, 6.07) is 8.14. The Morgan fingerprint density at radius 1 is 1.47 bits per heavy atom. The van der Waals surface area contributed by atoms with Gasteiger partial charge in [0.25, 0.3) is 0 Å². The normalized spacial score (nSPS) is 18.7. The van der Waals surface area contributed by atoms with Crippen LogP contribution in [0, 0.1) is 6.92 Å². The summed E-state index contributed by atoms with van der Waals surface area (Å²) in [7, 11) is 0. The number of hydrogen-bond donors (Lipinski definition) is 2. The minimum atomic E-state index is 0.279. The van der Waals surface area contributed by atoms with E-state index in [9.17, 15) is 0 Å². The highest BCUT2D eigenvalue weighted by molar-refractivity contribution is 7.80. The zero-order chi connectivity index (χ0) is 13.5. The maximum atomic E-state index is 5.50. The Balaban J connectivity index is 1.69. The Morgan fingerprint density at radius 2 is 2.26 bits per heavy atom. The second-order valence-electron chi connectivity index (χ2n) is 4.63. The molecule has 1 aromatic rings. The largest absolute Gasteiger partial charge is 0.376 e. The minimum absolute atomic E-state index is 0.279. The van der Waals surface area contributed by atoms with Crippen molar-refractivity contribution in [3.8, 4) is 0 Å². The smallest absolute Gasteiger partial charge is 0.187 e. The van der Waals surface area contributed by atoms with E-state index in [0.29, 0.717) is 5.11 Å². The van der Waals surface area contributed by atoms with Gasteiger partial charge in [-0.15, -0.1) is 0 Å². The van der Waals surface area contributed by atoms with Crippen LogP contribution in [0.25, 0.3) is 0 Å². The lowest BCUT2D eigenvalue weighted by Crippen LogP contribution is -2.37. The zero-order valence-electron chi connectivity index (χ0n) is 11.1. The number of benzene rings is 1. The van der Waals surface area contributed by atoms with E-state index in [1.54, 1.807) is 6.21 Å². The fourth-order valence-electron chi connectivity index (χ4n) is 1.87. The number of aryl methyl sites for hydroxylation is 1. The van der Waals surface area contributed by atoms with Gasteiger partial charge < -0.3 is 10.1 Å². The number of hydrazone groups is 1. The van der Waals surface area contributed by atoms with Gasteiger partial charge in [-0.2, -0.15) is 5.10 Å². The summed E-state index contributed by atoms with van der Waals surface area (Å²) in [5.74, 6) is 0.